The number of allylic oxidation sites excluding steroid dienone is 1. The van der Waals surface area contributed by atoms with Gasteiger partial charge in [0.1, 0.15) is 5.75 Å². The number of fused-ring (bicyclic) bond motifs is 1. The van der Waals surface area contributed by atoms with Crippen LogP contribution in [0.3, 0.4) is 0 Å². The van der Waals surface area contributed by atoms with Gasteiger partial charge >= 0.3 is 0 Å². The lowest BCUT2D eigenvalue weighted by molar-refractivity contribution is -0.113. The Balaban J connectivity index is 1.69. The molecule has 0 saturated carbocycles. The number of para-hydroxylation sites is 1. The van der Waals surface area contributed by atoms with E-state index >= 15 is 0 Å². The lowest BCUT2D eigenvalue weighted by Gasteiger charge is -2.25. The van der Waals surface area contributed by atoms with Crippen molar-refractivity contribution in [1.82, 2.24) is 9.55 Å². The third kappa shape index (κ3) is 4.43. The average Bonchev–Trinajstić information content (AvgIpc) is 3.18. The maximum Gasteiger partial charge on any atom is 0.271 e. The highest BCUT2D eigenvalue weighted by Gasteiger charge is 2.32. The first-order chi connectivity index (χ1) is 17.0. The Labute approximate surface area is 205 Å². The monoisotopic (exact) mass is 482 g/mol. The van der Waals surface area contributed by atoms with Gasteiger partial charge in [0.05, 0.1) is 34.6 Å². The van der Waals surface area contributed by atoms with E-state index in [2.05, 4.69) is 15.3 Å². The van der Waals surface area contributed by atoms with Crippen LogP contribution in [0.5, 0.6) is 5.75 Å². The minimum atomic E-state index is -0.670. The quantitative estimate of drug-likeness (QED) is 0.473. The molecule has 2 aromatic carbocycles. The Bertz CT molecular complexity index is 1610. The third-order valence-electron chi connectivity index (χ3n) is 5.67. The highest BCUT2D eigenvalue weighted by Crippen LogP contribution is 2.32. The van der Waals surface area contributed by atoms with Crippen molar-refractivity contribution in [3.05, 3.63) is 121 Å². The van der Waals surface area contributed by atoms with Gasteiger partial charge in [0.2, 0.25) is 0 Å². The number of thiazole rings is 1. The Morgan fingerprint density at radius 1 is 1.09 bits per heavy atom. The summed E-state index contributed by atoms with van der Waals surface area (Å²) >= 11 is 1.28. The van der Waals surface area contributed by atoms with Gasteiger partial charge in [-0.3, -0.25) is 19.1 Å². The summed E-state index contributed by atoms with van der Waals surface area (Å²) in [5.74, 6) is 0.319. The third-order valence-corrected chi connectivity index (χ3v) is 6.66. The van der Waals surface area contributed by atoms with Crippen LogP contribution in [0.25, 0.3) is 6.08 Å². The van der Waals surface area contributed by atoms with Crippen LogP contribution in [0.1, 0.15) is 24.2 Å². The summed E-state index contributed by atoms with van der Waals surface area (Å²) < 4.78 is 7.50. The number of nitrogens with one attached hydrogen (secondary N) is 1. The first-order valence-corrected chi connectivity index (χ1v) is 11.8. The topological polar surface area (TPSA) is 85.6 Å². The summed E-state index contributed by atoms with van der Waals surface area (Å²) in [7, 11) is 1.58. The lowest BCUT2D eigenvalue weighted by Crippen LogP contribution is -2.40. The predicted molar refractivity (Wildman–Crippen MR) is 136 cm³/mol. The number of benzene rings is 2. The van der Waals surface area contributed by atoms with E-state index in [1.807, 2.05) is 72.8 Å². The van der Waals surface area contributed by atoms with Crippen molar-refractivity contribution in [2.45, 2.75) is 13.0 Å². The normalized spacial score (nSPS) is 15.4. The van der Waals surface area contributed by atoms with Crippen LogP contribution in [0.4, 0.5) is 5.69 Å². The fraction of sp³-hybridized carbons (Fsp3) is 0.111. The fourth-order valence-corrected chi connectivity index (χ4v) is 5.09. The number of amides is 1. The molecular weight excluding hydrogens is 460 g/mol. The van der Waals surface area contributed by atoms with E-state index in [-0.39, 0.29) is 11.5 Å². The fourth-order valence-electron chi connectivity index (χ4n) is 4.05. The zero-order chi connectivity index (χ0) is 24.4. The number of rotatable bonds is 5. The largest absolute Gasteiger partial charge is 0.497 e. The van der Waals surface area contributed by atoms with Crippen molar-refractivity contribution >= 4 is 29.0 Å². The number of anilines is 1. The molecule has 174 valence electrons. The second kappa shape index (κ2) is 9.52. The maximum atomic E-state index is 13.7. The highest BCUT2D eigenvalue weighted by molar-refractivity contribution is 7.07. The molecule has 5 rings (SSSR count). The maximum absolute atomic E-state index is 13.7. The number of methoxy groups -OCH3 is 1. The van der Waals surface area contributed by atoms with Gasteiger partial charge in [-0.25, -0.2) is 4.99 Å². The van der Waals surface area contributed by atoms with Crippen LogP contribution in [0.2, 0.25) is 0 Å². The van der Waals surface area contributed by atoms with E-state index in [9.17, 15) is 9.59 Å². The summed E-state index contributed by atoms with van der Waals surface area (Å²) in [5.41, 5.74) is 2.81. The van der Waals surface area contributed by atoms with Crippen molar-refractivity contribution in [2.75, 3.05) is 12.4 Å². The molecule has 35 heavy (non-hydrogen) atoms. The van der Waals surface area contributed by atoms with E-state index in [1.165, 1.54) is 11.3 Å². The van der Waals surface area contributed by atoms with Gasteiger partial charge in [-0.05, 0) is 55.0 Å². The zero-order valence-electron chi connectivity index (χ0n) is 19.1. The summed E-state index contributed by atoms with van der Waals surface area (Å²) in [4.78, 5) is 36.7. The minimum Gasteiger partial charge on any atom is -0.497 e. The van der Waals surface area contributed by atoms with Crippen LogP contribution in [0, 0.1) is 0 Å². The molecule has 0 fully saturated rings. The molecular formula is C27H22N4O3S. The molecule has 7 nitrogen and oxygen atoms in total. The van der Waals surface area contributed by atoms with E-state index in [1.54, 1.807) is 30.9 Å². The van der Waals surface area contributed by atoms with Crippen molar-refractivity contribution in [3.8, 4) is 5.75 Å². The Morgan fingerprint density at radius 2 is 1.89 bits per heavy atom. The highest BCUT2D eigenvalue weighted by atomic mass is 32.1. The molecule has 2 aromatic heterocycles. The molecule has 0 bridgehead atoms. The van der Waals surface area contributed by atoms with Crippen LogP contribution < -0.4 is 24.9 Å². The molecule has 0 saturated heterocycles. The molecule has 1 atom stereocenters. The molecule has 1 N–H and O–H groups in total. The van der Waals surface area contributed by atoms with Gasteiger partial charge in [-0.15, -0.1) is 0 Å². The van der Waals surface area contributed by atoms with Gasteiger partial charge < -0.3 is 10.1 Å². The van der Waals surface area contributed by atoms with Crippen molar-refractivity contribution in [3.63, 3.8) is 0 Å². The van der Waals surface area contributed by atoms with Gasteiger partial charge in [0.15, 0.2) is 4.80 Å². The predicted octanol–water partition coefficient (Wildman–Crippen LogP) is 3.28. The van der Waals surface area contributed by atoms with Crippen LogP contribution in [-0.4, -0.2) is 22.6 Å². The molecule has 4 aromatic rings. The smallest absolute Gasteiger partial charge is 0.271 e. The summed E-state index contributed by atoms with van der Waals surface area (Å²) in [5, 5.41) is 2.95. The zero-order valence-corrected chi connectivity index (χ0v) is 20.0. The van der Waals surface area contributed by atoms with E-state index in [4.69, 9.17) is 4.74 Å². The van der Waals surface area contributed by atoms with Crippen molar-refractivity contribution in [2.24, 2.45) is 4.99 Å². The number of hydrogen-bond acceptors (Lipinski definition) is 6. The van der Waals surface area contributed by atoms with Gasteiger partial charge in [0.25, 0.3) is 11.5 Å². The number of hydrogen-bond donors (Lipinski definition) is 1. The van der Waals surface area contributed by atoms with Crippen molar-refractivity contribution < 1.29 is 9.53 Å². The van der Waals surface area contributed by atoms with Crippen LogP contribution in [0.15, 0.2) is 100 Å². The summed E-state index contributed by atoms with van der Waals surface area (Å²) in [6.45, 7) is 1.79. The van der Waals surface area contributed by atoms with Crippen molar-refractivity contribution in [1.29, 1.82) is 0 Å². The minimum absolute atomic E-state index is 0.232. The number of carbonyl (C=O) groups is 1. The van der Waals surface area contributed by atoms with Gasteiger partial charge in [-0.1, -0.05) is 47.7 Å². The number of carbonyl (C=O) groups excluding carboxylic acids is 1. The molecule has 0 unspecified atom stereocenters. The van der Waals surface area contributed by atoms with E-state index in [0.717, 1.165) is 5.56 Å². The lowest BCUT2D eigenvalue weighted by atomic mass is 9.95. The average molecular weight is 483 g/mol. The molecule has 0 aliphatic carbocycles. The standard InChI is InChI=1S/C27H22N4O3S/c1-17-23(25(32)30-19-10-4-3-5-11-19)24(18-9-8-13-21(15-18)34-2)31-26(33)22(35-27(31)29-17)16-20-12-6-7-14-28-20/h3-16,24H,1-2H3,(H,30,32)/b22-16+/t24-/m0/s1. The molecule has 1 aliphatic rings. The number of ether oxygens (including phenoxy) is 1. The summed E-state index contributed by atoms with van der Waals surface area (Å²) in [6, 6.07) is 21.5. The molecule has 0 spiro atoms. The van der Waals surface area contributed by atoms with E-state index in [0.29, 0.717) is 37.7 Å². The second-order valence-electron chi connectivity index (χ2n) is 7.93. The second-order valence-corrected chi connectivity index (χ2v) is 8.94. The molecule has 3 heterocycles. The van der Waals surface area contributed by atoms with Crippen LogP contribution >= 0.6 is 11.3 Å². The van der Waals surface area contributed by atoms with E-state index < -0.39 is 6.04 Å². The SMILES string of the molecule is COc1cccc([C@H]2C(C(=O)Nc3ccccc3)=C(C)N=c3s/c(=C/c4ccccn4)c(=O)n32)c1. The first-order valence-electron chi connectivity index (χ1n) is 11.0. The first kappa shape index (κ1) is 22.5. The number of nitrogens with zero attached hydrogens (tertiary/aromatic N) is 3. The Morgan fingerprint density at radius 3 is 2.63 bits per heavy atom. The number of pyridine rings is 1. The molecule has 1 aliphatic heterocycles. The molecule has 8 heteroatoms. The van der Waals surface area contributed by atoms with Gasteiger partial charge in [0, 0.05) is 11.9 Å². The molecule has 0 radical (unpaired) electrons. The number of aromatic nitrogens is 2. The molecule has 1 amide bonds. The Hall–Kier alpha value is -4.30. The van der Waals surface area contributed by atoms with Gasteiger partial charge in [-0.2, -0.15) is 0 Å². The summed E-state index contributed by atoms with van der Waals surface area (Å²) in [6.07, 6.45) is 3.42. The Kier molecular flexibility index (Phi) is 6.12. The van der Waals surface area contributed by atoms with Crippen LogP contribution in [-0.2, 0) is 4.79 Å².